The molecule has 4 nitrogen and oxygen atoms in total. The van der Waals surface area contributed by atoms with Crippen LogP contribution in [0.25, 0.3) is 0 Å². The van der Waals surface area contributed by atoms with Crippen LogP contribution in [0.3, 0.4) is 0 Å². The summed E-state index contributed by atoms with van der Waals surface area (Å²) in [5.74, 6) is 1.43. The molecule has 0 radical (unpaired) electrons. The zero-order valence-electron chi connectivity index (χ0n) is 12.0. The van der Waals surface area contributed by atoms with E-state index < -0.39 is 0 Å². The molecular formula is C16H17NO3S. The lowest BCUT2D eigenvalue weighted by atomic mass is 10.2. The highest BCUT2D eigenvalue weighted by Crippen LogP contribution is 2.30. The van der Waals surface area contributed by atoms with E-state index in [0.717, 1.165) is 26.8 Å². The minimum atomic E-state index is -0.163. The number of carbonyl (C=O) groups is 1. The molecule has 1 N–H and O–H groups in total. The molecule has 0 aliphatic carbocycles. The molecule has 2 heterocycles. The van der Waals surface area contributed by atoms with E-state index in [4.69, 9.17) is 9.47 Å². The van der Waals surface area contributed by atoms with Gasteiger partial charge >= 0.3 is 0 Å². The topological polar surface area (TPSA) is 47.6 Å². The largest absolute Gasteiger partial charge is 0.486 e. The molecule has 0 fully saturated rings. The Hall–Kier alpha value is -2.01. The first kappa shape index (κ1) is 13.9. The van der Waals surface area contributed by atoms with Gasteiger partial charge in [-0.3, -0.25) is 4.79 Å². The summed E-state index contributed by atoms with van der Waals surface area (Å²) >= 11 is 1.63. The maximum absolute atomic E-state index is 12.2. The van der Waals surface area contributed by atoms with Crippen molar-refractivity contribution in [2.75, 3.05) is 13.2 Å². The van der Waals surface area contributed by atoms with Crippen molar-refractivity contribution in [2.24, 2.45) is 0 Å². The molecule has 0 unspecified atom stereocenters. The van der Waals surface area contributed by atoms with Crippen LogP contribution >= 0.6 is 11.3 Å². The summed E-state index contributed by atoms with van der Waals surface area (Å²) in [6, 6.07) is 9.48. The van der Waals surface area contributed by atoms with Crippen molar-refractivity contribution < 1.29 is 14.3 Å². The van der Waals surface area contributed by atoms with Gasteiger partial charge in [-0.25, -0.2) is 0 Å². The van der Waals surface area contributed by atoms with Crippen LogP contribution in [0, 0.1) is 13.8 Å². The van der Waals surface area contributed by atoms with Crippen LogP contribution in [0.4, 0.5) is 0 Å². The zero-order valence-corrected chi connectivity index (χ0v) is 12.8. The fraction of sp³-hybridized carbons (Fsp3) is 0.312. The number of amides is 1. The summed E-state index contributed by atoms with van der Waals surface area (Å²) in [4.78, 5) is 14.3. The second-order valence-corrected chi connectivity index (χ2v) is 6.49. The minimum Gasteiger partial charge on any atom is -0.486 e. The van der Waals surface area contributed by atoms with Gasteiger partial charge in [-0.1, -0.05) is 12.1 Å². The van der Waals surface area contributed by atoms with Gasteiger partial charge in [0.25, 0.3) is 5.91 Å². The van der Waals surface area contributed by atoms with Gasteiger partial charge in [0, 0.05) is 9.75 Å². The van der Waals surface area contributed by atoms with Crippen LogP contribution in [0.2, 0.25) is 0 Å². The summed E-state index contributed by atoms with van der Waals surface area (Å²) in [5.41, 5.74) is 0.745. The van der Waals surface area contributed by atoms with Crippen molar-refractivity contribution in [1.29, 1.82) is 0 Å². The normalized spacial score (nSPS) is 16.6. The number of benzene rings is 1. The average molecular weight is 303 g/mol. The van der Waals surface area contributed by atoms with E-state index in [9.17, 15) is 4.79 Å². The Kier molecular flexibility index (Phi) is 3.84. The number of rotatable bonds is 3. The molecule has 1 atom stereocenters. The van der Waals surface area contributed by atoms with Crippen molar-refractivity contribution in [3.05, 3.63) is 45.6 Å². The van der Waals surface area contributed by atoms with E-state index in [1.165, 1.54) is 0 Å². The van der Waals surface area contributed by atoms with Gasteiger partial charge < -0.3 is 14.8 Å². The van der Waals surface area contributed by atoms with Gasteiger partial charge in [-0.05, 0) is 32.0 Å². The Morgan fingerprint density at radius 3 is 2.81 bits per heavy atom. The number of thiophene rings is 1. The van der Waals surface area contributed by atoms with E-state index in [2.05, 4.69) is 5.32 Å². The molecule has 1 amide bonds. The Balaban J connectivity index is 1.59. The Morgan fingerprint density at radius 2 is 2.10 bits per heavy atom. The van der Waals surface area contributed by atoms with Gasteiger partial charge in [0.1, 0.15) is 12.7 Å². The van der Waals surface area contributed by atoms with Crippen molar-refractivity contribution in [1.82, 2.24) is 5.32 Å². The fourth-order valence-electron chi connectivity index (χ4n) is 2.32. The van der Waals surface area contributed by atoms with Crippen LogP contribution in [0.15, 0.2) is 30.3 Å². The second kappa shape index (κ2) is 5.77. The van der Waals surface area contributed by atoms with Gasteiger partial charge in [0.2, 0.25) is 0 Å². The lowest BCUT2D eigenvalue weighted by Gasteiger charge is -2.26. The number of ether oxygens (including phenoxy) is 2. The fourth-order valence-corrected chi connectivity index (χ4v) is 3.24. The van der Waals surface area contributed by atoms with Gasteiger partial charge in [-0.2, -0.15) is 0 Å². The maximum atomic E-state index is 12.2. The number of hydrogen-bond donors (Lipinski definition) is 1. The summed E-state index contributed by atoms with van der Waals surface area (Å²) in [6.07, 6.45) is -0.163. The van der Waals surface area contributed by atoms with Crippen molar-refractivity contribution in [2.45, 2.75) is 20.0 Å². The minimum absolute atomic E-state index is 0.0562. The standard InChI is InChI=1S/C16H17NO3S/c1-10-7-13(11(2)21-10)16(18)17-8-12-9-19-14-5-3-4-6-15(14)20-12/h3-7,12H,8-9H2,1-2H3,(H,17,18)/t12-/m0/s1. The van der Waals surface area contributed by atoms with E-state index in [-0.39, 0.29) is 12.0 Å². The van der Waals surface area contributed by atoms with Gasteiger partial charge in [0.05, 0.1) is 12.1 Å². The summed E-state index contributed by atoms with van der Waals surface area (Å²) in [7, 11) is 0. The van der Waals surface area contributed by atoms with Crippen LogP contribution in [-0.2, 0) is 0 Å². The van der Waals surface area contributed by atoms with Gasteiger partial charge in [-0.15, -0.1) is 11.3 Å². The van der Waals surface area contributed by atoms with E-state index in [0.29, 0.717) is 13.2 Å². The van der Waals surface area contributed by atoms with Crippen LogP contribution in [-0.4, -0.2) is 25.2 Å². The molecule has 1 aliphatic heterocycles. The Labute approximate surface area is 127 Å². The number of carbonyl (C=O) groups excluding carboxylic acids is 1. The van der Waals surface area contributed by atoms with E-state index in [1.807, 2.05) is 44.2 Å². The maximum Gasteiger partial charge on any atom is 0.252 e. The van der Waals surface area contributed by atoms with Crippen molar-refractivity contribution in [3.8, 4) is 11.5 Å². The Morgan fingerprint density at radius 1 is 1.33 bits per heavy atom. The zero-order chi connectivity index (χ0) is 14.8. The molecule has 1 aromatic heterocycles. The molecule has 0 bridgehead atoms. The lowest BCUT2D eigenvalue weighted by molar-refractivity contribution is 0.0789. The molecule has 5 heteroatoms. The number of nitrogens with one attached hydrogen (secondary N) is 1. The molecule has 0 spiro atoms. The summed E-state index contributed by atoms with van der Waals surface area (Å²) in [6.45, 7) is 4.84. The van der Waals surface area contributed by atoms with Crippen LogP contribution in [0.5, 0.6) is 11.5 Å². The molecular weight excluding hydrogens is 286 g/mol. The highest BCUT2D eigenvalue weighted by atomic mass is 32.1. The van der Waals surface area contributed by atoms with Gasteiger partial charge in [0.15, 0.2) is 11.5 Å². The van der Waals surface area contributed by atoms with Crippen molar-refractivity contribution in [3.63, 3.8) is 0 Å². The SMILES string of the molecule is Cc1cc(C(=O)NC[C@H]2COc3ccccc3O2)c(C)s1. The lowest BCUT2D eigenvalue weighted by Crippen LogP contribution is -2.40. The number of aryl methyl sites for hydroxylation is 2. The summed E-state index contributed by atoms with van der Waals surface area (Å²) in [5, 5.41) is 2.92. The molecule has 110 valence electrons. The predicted molar refractivity (Wildman–Crippen MR) is 82.5 cm³/mol. The molecule has 3 rings (SSSR count). The first-order valence-corrected chi connectivity index (χ1v) is 7.69. The third kappa shape index (κ3) is 3.03. The number of fused-ring (bicyclic) bond motifs is 1. The third-order valence-electron chi connectivity index (χ3n) is 3.34. The number of hydrogen-bond acceptors (Lipinski definition) is 4. The molecule has 0 saturated carbocycles. The van der Waals surface area contributed by atoms with E-state index >= 15 is 0 Å². The molecule has 1 aliphatic rings. The highest BCUT2D eigenvalue weighted by Gasteiger charge is 2.21. The monoisotopic (exact) mass is 303 g/mol. The van der Waals surface area contributed by atoms with Crippen LogP contribution in [0.1, 0.15) is 20.1 Å². The smallest absolute Gasteiger partial charge is 0.252 e. The first-order valence-electron chi connectivity index (χ1n) is 6.87. The van der Waals surface area contributed by atoms with Crippen molar-refractivity contribution >= 4 is 17.2 Å². The van der Waals surface area contributed by atoms with Crippen LogP contribution < -0.4 is 14.8 Å². The third-order valence-corrected chi connectivity index (χ3v) is 4.31. The highest BCUT2D eigenvalue weighted by molar-refractivity contribution is 7.12. The molecule has 21 heavy (non-hydrogen) atoms. The number of para-hydroxylation sites is 2. The molecule has 0 saturated heterocycles. The second-order valence-electron chi connectivity index (χ2n) is 5.03. The summed E-state index contributed by atoms with van der Waals surface area (Å²) < 4.78 is 11.4. The quantitative estimate of drug-likeness (QED) is 0.948. The predicted octanol–water partition coefficient (Wildman–Crippen LogP) is 2.93. The molecule has 2 aromatic rings. The average Bonchev–Trinajstić information content (AvgIpc) is 2.83. The Bertz CT molecular complexity index is 665. The first-order chi connectivity index (χ1) is 10.1. The molecule has 1 aromatic carbocycles. The van der Waals surface area contributed by atoms with E-state index in [1.54, 1.807) is 11.3 Å².